The largest absolute Gasteiger partial charge is 0.373 e. The van der Waals surface area contributed by atoms with Gasteiger partial charge in [0.15, 0.2) is 5.82 Å². The van der Waals surface area contributed by atoms with Crippen LogP contribution in [0.2, 0.25) is 0 Å². The maximum atomic E-state index is 10.6. The molecule has 0 aliphatic carbocycles. The minimum absolute atomic E-state index is 0.480. The Bertz CT molecular complexity index is 1930. The van der Waals surface area contributed by atoms with Crippen molar-refractivity contribution in [3.8, 4) is 33.9 Å². The van der Waals surface area contributed by atoms with Crippen LogP contribution in [-0.4, -0.2) is 46.5 Å². The Morgan fingerprint density at radius 2 is 1.73 bits per heavy atom. The van der Waals surface area contributed by atoms with Gasteiger partial charge in [0.25, 0.3) is 0 Å². The summed E-state index contributed by atoms with van der Waals surface area (Å²) in [6.45, 7) is 0. The molecule has 0 fully saturated rings. The molecule has 0 bridgehead atoms. The summed E-state index contributed by atoms with van der Waals surface area (Å²) in [6.07, 6.45) is 8.53. The first-order valence-corrected chi connectivity index (χ1v) is 12.9. The molecule has 4 N–H and O–H groups in total. The fourth-order valence-electron chi connectivity index (χ4n) is 4.89. The predicted molar refractivity (Wildman–Crippen MR) is 155 cm³/mol. The van der Waals surface area contributed by atoms with Crippen LogP contribution in [0.25, 0.3) is 55.8 Å². The van der Waals surface area contributed by atoms with Crippen molar-refractivity contribution in [1.29, 1.82) is 0 Å². The molecule has 7 rings (SSSR count). The molecule has 0 aliphatic heterocycles. The molecule has 2 aromatic carbocycles. The summed E-state index contributed by atoms with van der Waals surface area (Å²) in [6, 6.07) is 23.7. The van der Waals surface area contributed by atoms with E-state index in [0.29, 0.717) is 23.6 Å². The van der Waals surface area contributed by atoms with Crippen LogP contribution >= 0.6 is 0 Å². The molecule has 9 nitrogen and oxygen atoms in total. The minimum Gasteiger partial charge on any atom is -0.373 e. The SMILES string of the molecule is OC(Cc1ccccc1)Nc1cncc(-c2cc3c(-c4nc5c(-c6cccnc6)cccc5[nH]4)n[nH]c3cn2)c1. The molecule has 0 aliphatic rings. The van der Waals surface area contributed by atoms with Crippen molar-refractivity contribution >= 4 is 27.6 Å². The summed E-state index contributed by atoms with van der Waals surface area (Å²) in [5, 5.41) is 22.2. The molecule has 5 aromatic heterocycles. The molecule has 0 radical (unpaired) electrons. The first-order chi connectivity index (χ1) is 19.7. The van der Waals surface area contributed by atoms with E-state index in [2.05, 4.69) is 35.5 Å². The number of anilines is 1. The van der Waals surface area contributed by atoms with Crippen molar-refractivity contribution in [3.63, 3.8) is 0 Å². The number of aliphatic hydroxyl groups is 1. The van der Waals surface area contributed by atoms with E-state index in [4.69, 9.17) is 4.98 Å². The number of hydrogen-bond donors (Lipinski definition) is 4. The average Bonchev–Trinajstić information content (AvgIpc) is 3.62. The average molecular weight is 525 g/mol. The van der Waals surface area contributed by atoms with E-state index in [1.54, 1.807) is 24.8 Å². The lowest BCUT2D eigenvalue weighted by Crippen LogP contribution is -2.21. The number of para-hydroxylation sites is 1. The summed E-state index contributed by atoms with van der Waals surface area (Å²) in [7, 11) is 0. The number of nitrogens with zero attached hydrogens (tertiary/aromatic N) is 5. The van der Waals surface area contributed by atoms with E-state index in [0.717, 1.165) is 49.9 Å². The van der Waals surface area contributed by atoms with Crippen LogP contribution in [0.5, 0.6) is 0 Å². The molecule has 0 spiro atoms. The van der Waals surface area contributed by atoms with Gasteiger partial charge < -0.3 is 15.4 Å². The lowest BCUT2D eigenvalue weighted by molar-refractivity contribution is 0.204. The number of rotatable bonds is 7. The predicted octanol–water partition coefficient (Wildman–Crippen LogP) is 5.60. The third kappa shape index (κ3) is 4.55. The molecule has 5 heterocycles. The number of aromatic amines is 2. The van der Waals surface area contributed by atoms with Crippen LogP contribution in [-0.2, 0) is 6.42 Å². The Balaban J connectivity index is 1.21. The van der Waals surface area contributed by atoms with E-state index in [1.807, 2.05) is 79.0 Å². The topological polar surface area (TPSA) is 128 Å². The zero-order chi connectivity index (χ0) is 26.9. The molecular formula is C31H24N8O. The van der Waals surface area contributed by atoms with Gasteiger partial charge in [0.05, 0.1) is 40.3 Å². The van der Waals surface area contributed by atoms with Crippen molar-refractivity contribution in [3.05, 3.63) is 109 Å². The normalized spacial score (nSPS) is 12.1. The van der Waals surface area contributed by atoms with Crippen LogP contribution in [0.4, 0.5) is 5.69 Å². The second-order valence-electron chi connectivity index (χ2n) is 9.53. The van der Waals surface area contributed by atoms with Gasteiger partial charge in [-0.15, -0.1) is 0 Å². The lowest BCUT2D eigenvalue weighted by atomic mass is 10.1. The van der Waals surface area contributed by atoms with E-state index in [1.165, 1.54) is 0 Å². The van der Waals surface area contributed by atoms with Crippen LogP contribution < -0.4 is 5.32 Å². The van der Waals surface area contributed by atoms with Gasteiger partial charge in [-0.2, -0.15) is 5.10 Å². The van der Waals surface area contributed by atoms with E-state index in [9.17, 15) is 5.11 Å². The zero-order valence-corrected chi connectivity index (χ0v) is 21.3. The van der Waals surface area contributed by atoms with Gasteiger partial charge in [-0.3, -0.25) is 20.1 Å². The third-order valence-corrected chi connectivity index (χ3v) is 6.80. The monoisotopic (exact) mass is 524 g/mol. The second kappa shape index (κ2) is 10.0. The summed E-state index contributed by atoms with van der Waals surface area (Å²) < 4.78 is 0. The summed E-state index contributed by atoms with van der Waals surface area (Å²) in [4.78, 5) is 21.6. The standard InChI is InChI=1S/C31H24N8O/c40-28(12-19-6-2-1-3-7-19)35-22-13-21(16-33-17-22)26-14-24-27(18-34-26)38-39-30(24)31-36-25-10-4-9-23(29(25)37-31)20-8-5-11-32-15-20/h1-11,13-18,28,35,40H,12H2,(H,36,37)(H,38,39). The quantitative estimate of drug-likeness (QED) is 0.200. The van der Waals surface area contributed by atoms with Gasteiger partial charge in [-0.25, -0.2) is 4.98 Å². The Kier molecular flexibility index (Phi) is 5.95. The van der Waals surface area contributed by atoms with Gasteiger partial charge >= 0.3 is 0 Å². The number of benzene rings is 2. The van der Waals surface area contributed by atoms with Gasteiger partial charge in [0.1, 0.15) is 11.9 Å². The van der Waals surface area contributed by atoms with Gasteiger partial charge in [-0.1, -0.05) is 48.5 Å². The third-order valence-electron chi connectivity index (χ3n) is 6.80. The Morgan fingerprint density at radius 3 is 2.60 bits per heavy atom. The molecule has 0 amide bonds. The van der Waals surface area contributed by atoms with Crippen LogP contribution in [0.15, 0.2) is 104 Å². The van der Waals surface area contributed by atoms with Crippen molar-refractivity contribution in [2.24, 2.45) is 0 Å². The first-order valence-electron chi connectivity index (χ1n) is 12.9. The van der Waals surface area contributed by atoms with E-state index < -0.39 is 6.23 Å². The molecule has 0 saturated heterocycles. The summed E-state index contributed by atoms with van der Waals surface area (Å²) in [5.74, 6) is 0.660. The van der Waals surface area contributed by atoms with Crippen LogP contribution in [0.1, 0.15) is 5.56 Å². The lowest BCUT2D eigenvalue weighted by Gasteiger charge is -2.14. The number of hydrogen-bond acceptors (Lipinski definition) is 7. The smallest absolute Gasteiger partial charge is 0.159 e. The molecule has 1 unspecified atom stereocenters. The van der Waals surface area contributed by atoms with Crippen molar-refractivity contribution < 1.29 is 5.11 Å². The number of pyridine rings is 3. The maximum Gasteiger partial charge on any atom is 0.159 e. The Morgan fingerprint density at radius 1 is 0.825 bits per heavy atom. The molecule has 1 atom stereocenters. The Labute approximate surface area is 229 Å². The number of imidazole rings is 1. The maximum absolute atomic E-state index is 10.6. The molecule has 40 heavy (non-hydrogen) atoms. The number of fused-ring (bicyclic) bond motifs is 2. The van der Waals surface area contributed by atoms with Gasteiger partial charge in [-0.05, 0) is 29.8 Å². The number of H-pyrrole nitrogens is 2. The van der Waals surface area contributed by atoms with Crippen molar-refractivity contribution in [2.75, 3.05) is 5.32 Å². The van der Waals surface area contributed by atoms with Crippen molar-refractivity contribution in [1.82, 2.24) is 35.1 Å². The number of aromatic nitrogens is 7. The molecule has 194 valence electrons. The van der Waals surface area contributed by atoms with Gasteiger partial charge in [0, 0.05) is 47.1 Å². The highest BCUT2D eigenvalue weighted by Gasteiger charge is 2.16. The zero-order valence-electron chi connectivity index (χ0n) is 21.3. The molecular weight excluding hydrogens is 500 g/mol. The molecule has 9 heteroatoms. The van der Waals surface area contributed by atoms with E-state index >= 15 is 0 Å². The second-order valence-corrected chi connectivity index (χ2v) is 9.53. The Hall–Kier alpha value is -5.41. The van der Waals surface area contributed by atoms with Crippen molar-refractivity contribution in [2.45, 2.75) is 12.6 Å². The van der Waals surface area contributed by atoms with Gasteiger partial charge in [0.2, 0.25) is 0 Å². The fourth-order valence-corrected chi connectivity index (χ4v) is 4.89. The number of aliphatic hydroxyl groups excluding tert-OH is 1. The minimum atomic E-state index is -0.750. The highest BCUT2D eigenvalue weighted by atomic mass is 16.3. The fraction of sp³-hybridized carbons (Fsp3) is 0.0645. The number of nitrogens with one attached hydrogen (secondary N) is 3. The molecule has 7 aromatic rings. The summed E-state index contributed by atoms with van der Waals surface area (Å²) >= 11 is 0. The van der Waals surface area contributed by atoms with Crippen LogP contribution in [0.3, 0.4) is 0 Å². The molecule has 0 saturated carbocycles. The highest BCUT2D eigenvalue weighted by molar-refractivity contribution is 5.97. The first kappa shape index (κ1) is 23.7. The van der Waals surface area contributed by atoms with Crippen LogP contribution in [0, 0.1) is 0 Å². The van der Waals surface area contributed by atoms with E-state index in [-0.39, 0.29) is 0 Å². The summed E-state index contributed by atoms with van der Waals surface area (Å²) in [5.41, 5.74) is 8.57. The highest BCUT2D eigenvalue weighted by Crippen LogP contribution is 2.32.